The van der Waals surface area contributed by atoms with Crippen molar-refractivity contribution in [3.63, 3.8) is 0 Å². The second-order valence-electron chi connectivity index (χ2n) is 4.59. The van der Waals surface area contributed by atoms with Crippen LogP contribution in [-0.4, -0.2) is 17.8 Å². The number of ether oxygens (including phenoxy) is 2. The van der Waals surface area contributed by atoms with Gasteiger partial charge in [-0.2, -0.15) is 0 Å². The summed E-state index contributed by atoms with van der Waals surface area (Å²) in [5, 5.41) is 9.07. The van der Waals surface area contributed by atoms with Crippen LogP contribution in [0.3, 0.4) is 0 Å². The maximum Gasteiger partial charge on any atom is 0.125 e. The Morgan fingerprint density at radius 1 is 1.00 bits per heavy atom. The third-order valence-corrected chi connectivity index (χ3v) is 3.23. The molecule has 0 aliphatic carbocycles. The molecule has 0 aromatic heterocycles. The van der Waals surface area contributed by atoms with Gasteiger partial charge in [0, 0.05) is 5.56 Å². The lowest BCUT2D eigenvalue weighted by molar-refractivity contribution is 0.241. The van der Waals surface area contributed by atoms with E-state index in [0.717, 1.165) is 16.9 Å². The molecule has 98 valence electrons. The summed E-state index contributed by atoms with van der Waals surface area (Å²) in [5.74, 6) is 0.826. The Bertz CT molecular complexity index is 539. The first-order valence-corrected chi connectivity index (χ1v) is 6.40. The van der Waals surface area contributed by atoms with Gasteiger partial charge in [-0.25, -0.2) is 0 Å². The van der Waals surface area contributed by atoms with E-state index in [2.05, 4.69) is 0 Å². The van der Waals surface area contributed by atoms with Crippen molar-refractivity contribution in [3.05, 3.63) is 65.7 Å². The quantitative estimate of drug-likeness (QED) is 0.836. The topological polar surface area (TPSA) is 42.0 Å². The zero-order valence-electron chi connectivity index (χ0n) is 10.5. The van der Waals surface area contributed by atoms with Crippen LogP contribution in [0.25, 0.3) is 0 Å². The van der Waals surface area contributed by atoms with Crippen molar-refractivity contribution < 1.29 is 14.6 Å². The highest BCUT2D eigenvalue weighted by Gasteiger charge is 2.41. The number of rotatable bonds is 5. The van der Waals surface area contributed by atoms with Gasteiger partial charge >= 0.3 is 0 Å². The SMILES string of the molecule is OCC1OC1c1ccccc1OCc1ccccc1. The Hall–Kier alpha value is -1.84. The molecular weight excluding hydrogens is 240 g/mol. The smallest absolute Gasteiger partial charge is 0.125 e. The summed E-state index contributed by atoms with van der Waals surface area (Å²) in [4.78, 5) is 0. The Balaban J connectivity index is 1.71. The van der Waals surface area contributed by atoms with Crippen molar-refractivity contribution in [1.82, 2.24) is 0 Å². The lowest BCUT2D eigenvalue weighted by Gasteiger charge is -2.10. The monoisotopic (exact) mass is 256 g/mol. The van der Waals surface area contributed by atoms with Crippen LogP contribution in [0, 0.1) is 0 Å². The van der Waals surface area contributed by atoms with Crippen molar-refractivity contribution in [3.8, 4) is 5.75 Å². The number of hydrogen-bond acceptors (Lipinski definition) is 3. The molecule has 2 aromatic carbocycles. The number of aliphatic hydroxyl groups excluding tert-OH is 1. The number of benzene rings is 2. The van der Waals surface area contributed by atoms with Gasteiger partial charge in [-0.05, 0) is 11.6 Å². The summed E-state index contributed by atoms with van der Waals surface area (Å²) in [5.41, 5.74) is 2.14. The zero-order chi connectivity index (χ0) is 13.1. The molecule has 19 heavy (non-hydrogen) atoms. The van der Waals surface area contributed by atoms with E-state index in [9.17, 15) is 0 Å². The first kappa shape index (κ1) is 12.2. The van der Waals surface area contributed by atoms with Gasteiger partial charge in [-0.15, -0.1) is 0 Å². The maximum absolute atomic E-state index is 9.07. The number of hydrogen-bond donors (Lipinski definition) is 1. The Morgan fingerprint density at radius 3 is 2.47 bits per heavy atom. The van der Waals surface area contributed by atoms with Gasteiger partial charge < -0.3 is 14.6 Å². The van der Waals surface area contributed by atoms with Gasteiger partial charge in [0.25, 0.3) is 0 Å². The van der Waals surface area contributed by atoms with Crippen LogP contribution in [0.1, 0.15) is 17.2 Å². The fraction of sp³-hybridized carbons (Fsp3) is 0.250. The summed E-state index contributed by atoms with van der Waals surface area (Å²) in [6.45, 7) is 0.589. The lowest BCUT2D eigenvalue weighted by Crippen LogP contribution is -2.00. The molecule has 1 N–H and O–H groups in total. The molecule has 0 amide bonds. The van der Waals surface area contributed by atoms with E-state index < -0.39 is 0 Å². The van der Waals surface area contributed by atoms with E-state index in [0.29, 0.717) is 6.61 Å². The van der Waals surface area contributed by atoms with Gasteiger partial charge in [0.05, 0.1) is 6.61 Å². The van der Waals surface area contributed by atoms with E-state index in [1.807, 2.05) is 54.6 Å². The molecule has 1 heterocycles. The molecule has 2 unspecified atom stereocenters. The van der Waals surface area contributed by atoms with Crippen LogP contribution < -0.4 is 4.74 Å². The average molecular weight is 256 g/mol. The van der Waals surface area contributed by atoms with Crippen LogP contribution in [0.4, 0.5) is 0 Å². The number of aliphatic hydroxyl groups is 1. The minimum atomic E-state index is -0.0820. The molecule has 3 heteroatoms. The highest BCUT2D eigenvalue weighted by Crippen LogP contribution is 2.42. The van der Waals surface area contributed by atoms with E-state index in [-0.39, 0.29) is 18.8 Å². The molecule has 3 nitrogen and oxygen atoms in total. The molecule has 3 rings (SSSR count). The first-order valence-electron chi connectivity index (χ1n) is 6.40. The third kappa shape index (κ3) is 2.78. The van der Waals surface area contributed by atoms with Gasteiger partial charge in [0.2, 0.25) is 0 Å². The molecule has 0 radical (unpaired) electrons. The molecule has 1 aliphatic heterocycles. The second kappa shape index (κ2) is 5.43. The predicted octanol–water partition coefficient (Wildman–Crippen LogP) is 2.70. The molecule has 1 fully saturated rings. The molecule has 0 bridgehead atoms. The molecular formula is C16H16O3. The van der Waals surface area contributed by atoms with Crippen LogP contribution in [0.2, 0.25) is 0 Å². The third-order valence-electron chi connectivity index (χ3n) is 3.23. The van der Waals surface area contributed by atoms with Gasteiger partial charge in [0.15, 0.2) is 0 Å². The highest BCUT2D eigenvalue weighted by atomic mass is 16.6. The maximum atomic E-state index is 9.07. The first-order chi connectivity index (χ1) is 9.38. The summed E-state index contributed by atoms with van der Waals surface area (Å²) >= 11 is 0. The fourth-order valence-corrected chi connectivity index (χ4v) is 2.14. The predicted molar refractivity (Wildman–Crippen MR) is 71.9 cm³/mol. The Morgan fingerprint density at radius 2 is 1.74 bits per heavy atom. The minimum absolute atomic E-state index is 0.0306. The normalized spacial score (nSPS) is 21.1. The second-order valence-corrected chi connectivity index (χ2v) is 4.59. The van der Waals surface area contributed by atoms with Crippen molar-refractivity contribution in [2.75, 3.05) is 6.61 Å². The minimum Gasteiger partial charge on any atom is -0.489 e. The van der Waals surface area contributed by atoms with Crippen LogP contribution in [0.15, 0.2) is 54.6 Å². The van der Waals surface area contributed by atoms with Crippen LogP contribution in [-0.2, 0) is 11.3 Å². The van der Waals surface area contributed by atoms with Crippen LogP contribution in [0.5, 0.6) is 5.75 Å². The highest BCUT2D eigenvalue weighted by molar-refractivity contribution is 5.38. The fourth-order valence-electron chi connectivity index (χ4n) is 2.14. The van der Waals surface area contributed by atoms with Crippen molar-refractivity contribution in [2.24, 2.45) is 0 Å². The summed E-state index contributed by atoms with van der Waals surface area (Å²) in [6.07, 6.45) is -0.113. The molecule has 0 saturated carbocycles. The largest absolute Gasteiger partial charge is 0.489 e. The zero-order valence-corrected chi connectivity index (χ0v) is 10.5. The van der Waals surface area contributed by atoms with Gasteiger partial charge in [0.1, 0.15) is 24.6 Å². The summed E-state index contributed by atoms with van der Waals surface area (Å²) in [6, 6.07) is 17.9. The molecule has 2 aromatic rings. The standard InChI is InChI=1S/C16H16O3/c17-10-15-16(19-15)13-8-4-5-9-14(13)18-11-12-6-2-1-3-7-12/h1-9,15-17H,10-11H2. The summed E-state index contributed by atoms with van der Waals surface area (Å²) in [7, 11) is 0. The molecule has 0 spiro atoms. The van der Waals surface area contributed by atoms with Crippen LogP contribution >= 0.6 is 0 Å². The summed E-state index contributed by atoms with van der Waals surface area (Å²) < 4.78 is 11.3. The molecule has 2 atom stereocenters. The van der Waals surface area contributed by atoms with Crippen molar-refractivity contribution in [2.45, 2.75) is 18.8 Å². The molecule has 1 saturated heterocycles. The molecule has 1 aliphatic rings. The van der Waals surface area contributed by atoms with Crippen molar-refractivity contribution in [1.29, 1.82) is 0 Å². The Kier molecular flexibility index (Phi) is 3.49. The van der Waals surface area contributed by atoms with E-state index in [1.165, 1.54) is 0 Å². The van der Waals surface area contributed by atoms with E-state index in [1.54, 1.807) is 0 Å². The lowest BCUT2D eigenvalue weighted by atomic mass is 10.1. The average Bonchev–Trinajstić information content (AvgIpc) is 3.26. The Labute approximate surface area is 112 Å². The van der Waals surface area contributed by atoms with E-state index >= 15 is 0 Å². The van der Waals surface area contributed by atoms with Gasteiger partial charge in [-0.3, -0.25) is 0 Å². The number of para-hydroxylation sites is 1. The number of epoxide rings is 1. The van der Waals surface area contributed by atoms with Gasteiger partial charge in [-0.1, -0.05) is 48.5 Å². The van der Waals surface area contributed by atoms with Crippen molar-refractivity contribution >= 4 is 0 Å². The van der Waals surface area contributed by atoms with E-state index in [4.69, 9.17) is 14.6 Å².